The van der Waals surface area contributed by atoms with Crippen molar-refractivity contribution in [1.29, 1.82) is 0 Å². The molecule has 0 aliphatic carbocycles. The monoisotopic (exact) mass is 184 g/mol. The maximum atomic E-state index is 9.50. The van der Waals surface area contributed by atoms with Crippen LogP contribution in [0.15, 0.2) is 11.6 Å². The molecule has 1 aliphatic rings. The molecular formula is C8H12N2OS. The van der Waals surface area contributed by atoms with Gasteiger partial charge < -0.3 is 10.4 Å². The Balaban J connectivity index is 1.95. The van der Waals surface area contributed by atoms with E-state index in [0.717, 1.165) is 24.5 Å². The minimum atomic E-state index is -0.186. The van der Waals surface area contributed by atoms with Gasteiger partial charge in [-0.2, -0.15) is 0 Å². The first-order valence-corrected chi connectivity index (χ1v) is 5.01. The number of hydrogen-bond donors (Lipinski definition) is 2. The van der Waals surface area contributed by atoms with Gasteiger partial charge in [0.15, 0.2) is 0 Å². The van der Waals surface area contributed by atoms with Gasteiger partial charge in [0.2, 0.25) is 0 Å². The number of aromatic nitrogens is 1. The molecule has 0 radical (unpaired) electrons. The molecule has 1 aliphatic heterocycles. The van der Waals surface area contributed by atoms with Crippen molar-refractivity contribution in [2.75, 3.05) is 13.1 Å². The lowest BCUT2D eigenvalue weighted by atomic mass is 10.0. The summed E-state index contributed by atoms with van der Waals surface area (Å²) in [5.41, 5.74) is 0. The lowest BCUT2D eigenvalue weighted by Gasteiger charge is -2.10. The van der Waals surface area contributed by atoms with Crippen LogP contribution in [0.5, 0.6) is 0 Å². The van der Waals surface area contributed by atoms with Crippen molar-refractivity contribution < 1.29 is 5.11 Å². The average molecular weight is 184 g/mol. The summed E-state index contributed by atoms with van der Waals surface area (Å²) in [5.74, 6) is 0.358. The molecule has 1 aromatic heterocycles. The van der Waals surface area contributed by atoms with Gasteiger partial charge in [0, 0.05) is 37.0 Å². The van der Waals surface area contributed by atoms with E-state index in [4.69, 9.17) is 0 Å². The van der Waals surface area contributed by atoms with Crippen LogP contribution in [-0.2, 0) is 6.42 Å². The molecule has 0 spiro atoms. The van der Waals surface area contributed by atoms with E-state index in [2.05, 4.69) is 10.3 Å². The fraction of sp³-hybridized carbons (Fsp3) is 0.625. The molecule has 1 aromatic rings. The van der Waals surface area contributed by atoms with Crippen molar-refractivity contribution >= 4 is 11.3 Å². The van der Waals surface area contributed by atoms with Gasteiger partial charge >= 0.3 is 0 Å². The molecule has 4 heteroatoms. The first-order chi connectivity index (χ1) is 5.86. The van der Waals surface area contributed by atoms with Crippen molar-refractivity contribution in [3.63, 3.8) is 0 Å². The van der Waals surface area contributed by atoms with Crippen LogP contribution in [0, 0.1) is 5.92 Å². The van der Waals surface area contributed by atoms with Crippen molar-refractivity contribution in [3.8, 4) is 0 Å². The number of nitrogens with zero attached hydrogens (tertiary/aromatic N) is 1. The summed E-state index contributed by atoms with van der Waals surface area (Å²) in [6, 6.07) is 0. The van der Waals surface area contributed by atoms with E-state index in [9.17, 15) is 5.11 Å². The van der Waals surface area contributed by atoms with Crippen LogP contribution >= 0.6 is 11.3 Å². The third-order valence-electron chi connectivity index (χ3n) is 2.22. The van der Waals surface area contributed by atoms with E-state index >= 15 is 0 Å². The van der Waals surface area contributed by atoms with Gasteiger partial charge in [-0.25, -0.2) is 4.98 Å². The number of β-amino-alcohol motifs (C(OH)–C–C–N with tert-alkyl or cyclic N) is 1. The zero-order valence-electron chi connectivity index (χ0n) is 6.73. The molecule has 1 fully saturated rings. The van der Waals surface area contributed by atoms with E-state index in [1.165, 1.54) is 0 Å². The summed E-state index contributed by atoms with van der Waals surface area (Å²) in [7, 11) is 0. The van der Waals surface area contributed by atoms with E-state index in [1.54, 1.807) is 11.3 Å². The second-order valence-corrected chi connectivity index (χ2v) is 4.09. The number of aliphatic hydroxyl groups excluding tert-OH is 1. The van der Waals surface area contributed by atoms with E-state index < -0.39 is 0 Å². The first kappa shape index (κ1) is 8.16. The maximum absolute atomic E-state index is 9.50. The molecule has 0 aromatic carbocycles. The predicted octanol–water partition coefficient (Wildman–Crippen LogP) is 0.266. The van der Waals surface area contributed by atoms with Crippen LogP contribution in [0.4, 0.5) is 0 Å². The highest BCUT2D eigenvalue weighted by atomic mass is 32.1. The lowest BCUT2D eigenvalue weighted by Crippen LogP contribution is -2.19. The zero-order chi connectivity index (χ0) is 8.39. The third kappa shape index (κ3) is 1.65. The molecule has 2 rings (SSSR count). The molecule has 2 unspecified atom stereocenters. The van der Waals surface area contributed by atoms with Crippen LogP contribution in [0.1, 0.15) is 5.01 Å². The van der Waals surface area contributed by atoms with Crippen molar-refractivity contribution in [3.05, 3.63) is 16.6 Å². The Morgan fingerprint density at radius 1 is 1.67 bits per heavy atom. The fourth-order valence-corrected chi connectivity index (χ4v) is 2.22. The molecule has 2 N–H and O–H groups in total. The third-order valence-corrected chi connectivity index (χ3v) is 3.03. The summed E-state index contributed by atoms with van der Waals surface area (Å²) in [6.45, 7) is 1.65. The van der Waals surface area contributed by atoms with Crippen molar-refractivity contribution in [2.45, 2.75) is 12.5 Å². The van der Waals surface area contributed by atoms with Crippen molar-refractivity contribution in [2.24, 2.45) is 5.92 Å². The van der Waals surface area contributed by atoms with Crippen LogP contribution in [0.2, 0.25) is 0 Å². The molecule has 1 saturated heterocycles. The standard InChI is InChI=1S/C8H12N2OS/c11-7-5-9-4-6(7)3-8-10-1-2-12-8/h1-2,6-7,9,11H,3-5H2. The lowest BCUT2D eigenvalue weighted by molar-refractivity contribution is 0.147. The molecule has 3 nitrogen and oxygen atoms in total. The van der Waals surface area contributed by atoms with Gasteiger partial charge in [-0.05, 0) is 0 Å². The highest BCUT2D eigenvalue weighted by Gasteiger charge is 2.25. The van der Waals surface area contributed by atoms with Gasteiger partial charge in [-0.1, -0.05) is 0 Å². The van der Waals surface area contributed by atoms with Crippen LogP contribution in [0.25, 0.3) is 0 Å². The Morgan fingerprint density at radius 2 is 2.58 bits per heavy atom. The first-order valence-electron chi connectivity index (χ1n) is 4.13. The highest BCUT2D eigenvalue weighted by molar-refractivity contribution is 7.09. The average Bonchev–Trinajstić information content (AvgIpc) is 2.65. The van der Waals surface area contributed by atoms with Crippen molar-refractivity contribution in [1.82, 2.24) is 10.3 Å². The fourth-order valence-electron chi connectivity index (χ4n) is 1.51. The number of rotatable bonds is 2. The SMILES string of the molecule is OC1CNCC1Cc1nccs1. The predicted molar refractivity (Wildman–Crippen MR) is 48.2 cm³/mol. The van der Waals surface area contributed by atoms with Gasteiger partial charge in [-0.15, -0.1) is 11.3 Å². The second kappa shape index (κ2) is 3.51. The summed E-state index contributed by atoms with van der Waals surface area (Å²) in [4.78, 5) is 4.19. The van der Waals surface area contributed by atoms with Crippen LogP contribution < -0.4 is 5.32 Å². The number of aliphatic hydroxyl groups is 1. The topological polar surface area (TPSA) is 45.1 Å². The normalized spacial score (nSPS) is 29.4. The smallest absolute Gasteiger partial charge is 0.0929 e. The van der Waals surface area contributed by atoms with Gasteiger partial charge in [0.05, 0.1) is 11.1 Å². The van der Waals surface area contributed by atoms with E-state index in [-0.39, 0.29) is 6.10 Å². The minimum Gasteiger partial charge on any atom is -0.391 e. The quantitative estimate of drug-likeness (QED) is 0.693. The maximum Gasteiger partial charge on any atom is 0.0929 e. The molecule has 0 amide bonds. The largest absolute Gasteiger partial charge is 0.391 e. The minimum absolute atomic E-state index is 0.186. The Labute approximate surface area is 75.5 Å². The molecule has 2 heterocycles. The van der Waals surface area contributed by atoms with Gasteiger partial charge in [0.25, 0.3) is 0 Å². The Kier molecular flexibility index (Phi) is 2.39. The Hall–Kier alpha value is -0.450. The number of nitrogens with one attached hydrogen (secondary N) is 1. The number of thiazole rings is 1. The Morgan fingerprint density at radius 3 is 3.17 bits per heavy atom. The van der Waals surface area contributed by atoms with E-state index in [0.29, 0.717) is 5.92 Å². The number of hydrogen-bond acceptors (Lipinski definition) is 4. The summed E-state index contributed by atoms with van der Waals surface area (Å²) >= 11 is 1.66. The van der Waals surface area contributed by atoms with Gasteiger partial charge in [0.1, 0.15) is 0 Å². The van der Waals surface area contributed by atoms with Crippen LogP contribution in [-0.4, -0.2) is 29.3 Å². The summed E-state index contributed by atoms with van der Waals surface area (Å²) in [6.07, 6.45) is 2.54. The molecule has 0 bridgehead atoms. The Bertz CT molecular complexity index is 237. The highest BCUT2D eigenvalue weighted by Crippen LogP contribution is 2.16. The van der Waals surface area contributed by atoms with Gasteiger partial charge in [-0.3, -0.25) is 0 Å². The second-order valence-electron chi connectivity index (χ2n) is 3.12. The van der Waals surface area contributed by atoms with E-state index in [1.807, 2.05) is 11.6 Å². The molecule has 2 atom stereocenters. The van der Waals surface area contributed by atoms with Crippen LogP contribution in [0.3, 0.4) is 0 Å². The molecule has 66 valence electrons. The molecular weight excluding hydrogens is 172 g/mol. The zero-order valence-corrected chi connectivity index (χ0v) is 7.55. The molecule has 0 saturated carbocycles. The molecule has 12 heavy (non-hydrogen) atoms. The summed E-state index contributed by atoms with van der Waals surface area (Å²) < 4.78 is 0. The summed E-state index contributed by atoms with van der Waals surface area (Å²) in [5, 5.41) is 15.8.